The highest BCUT2D eigenvalue weighted by molar-refractivity contribution is 9.10. The number of esters is 1. The third-order valence-electron chi connectivity index (χ3n) is 2.65. The summed E-state index contributed by atoms with van der Waals surface area (Å²) < 4.78 is 18.7. The van der Waals surface area contributed by atoms with Gasteiger partial charge in [0, 0.05) is 16.9 Å². The van der Waals surface area contributed by atoms with E-state index in [4.69, 9.17) is 4.74 Å². The molecule has 0 bridgehead atoms. The molecule has 9 heteroatoms. The van der Waals surface area contributed by atoms with Crippen LogP contribution < -0.4 is 10.6 Å². The zero-order valence-electron chi connectivity index (χ0n) is 12.1. The number of carbonyl (C=O) groups excluding carboxylic acids is 3. The average molecular weight is 396 g/mol. The molecule has 24 heavy (non-hydrogen) atoms. The molecule has 0 aliphatic heterocycles. The molecule has 124 valence electrons. The highest BCUT2D eigenvalue weighted by atomic mass is 79.9. The van der Waals surface area contributed by atoms with Crippen LogP contribution in [0.2, 0.25) is 0 Å². The molecule has 1 aromatic carbocycles. The van der Waals surface area contributed by atoms with Gasteiger partial charge in [-0.05, 0) is 34.1 Å². The highest BCUT2D eigenvalue weighted by Crippen LogP contribution is 2.12. The number of benzene rings is 1. The van der Waals surface area contributed by atoms with Crippen LogP contribution in [0, 0.1) is 5.82 Å². The Bertz CT molecular complexity index is 785. The molecule has 0 spiro atoms. The van der Waals surface area contributed by atoms with E-state index in [1.165, 1.54) is 36.7 Å². The lowest BCUT2D eigenvalue weighted by Gasteiger charge is -2.08. The second-order valence-corrected chi connectivity index (χ2v) is 5.37. The maximum absolute atomic E-state index is 13.4. The van der Waals surface area contributed by atoms with Gasteiger partial charge in [0.05, 0.1) is 11.3 Å². The average Bonchev–Trinajstić information content (AvgIpc) is 2.54. The summed E-state index contributed by atoms with van der Waals surface area (Å²) in [5, 5.41) is 4.08. The number of urea groups is 1. The number of anilines is 1. The molecule has 3 amide bonds. The summed E-state index contributed by atoms with van der Waals surface area (Å²) in [5.41, 5.74) is 0.0630. The van der Waals surface area contributed by atoms with E-state index in [9.17, 15) is 18.8 Å². The molecular formula is C15H11BrFN3O4. The fourth-order valence-corrected chi connectivity index (χ4v) is 1.98. The normalized spacial score (nSPS) is 9.92. The Kier molecular flexibility index (Phi) is 5.96. The van der Waals surface area contributed by atoms with E-state index in [0.717, 1.165) is 6.07 Å². The SMILES string of the molecule is O=C(COC(=O)c1cncc(Br)c1)NC(=O)Nc1ccccc1F. The van der Waals surface area contributed by atoms with Crippen LogP contribution in [0.25, 0.3) is 0 Å². The number of imide groups is 1. The van der Waals surface area contributed by atoms with Gasteiger partial charge in [0.15, 0.2) is 6.61 Å². The minimum atomic E-state index is -0.940. The van der Waals surface area contributed by atoms with Crippen molar-refractivity contribution in [1.82, 2.24) is 10.3 Å². The monoisotopic (exact) mass is 395 g/mol. The Morgan fingerprint density at radius 3 is 2.67 bits per heavy atom. The summed E-state index contributed by atoms with van der Waals surface area (Å²) in [5.74, 6) is -2.28. The summed E-state index contributed by atoms with van der Waals surface area (Å²) in [4.78, 5) is 38.6. The molecule has 2 rings (SSSR count). The van der Waals surface area contributed by atoms with E-state index in [2.05, 4.69) is 26.2 Å². The van der Waals surface area contributed by atoms with E-state index in [0.29, 0.717) is 4.47 Å². The van der Waals surface area contributed by atoms with Crippen LogP contribution >= 0.6 is 15.9 Å². The van der Waals surface area contributed by atoms with E-state index in [1.807, 2.05) is 5.32 Å². The minimum absolute atomic E-state index is 0.0833. The lowest BCUT2D eigenvalue weighted by atomic mass is 10.3. The summed E-state index contributed by atoms with van der Waals surface area (Å²) >= 11 is 3.15. The van der Waals surface area contributed by atoms with Gasteiger partial charge in [-0.2, -0.15) is 0 Å². The van der Waals surface area contributed by atoms with Crippen molar-refractivity contribution in [2.24, 2.45) is 0 Å². The number of nitrogens with one attached hydrogen (secondary N) is 2. The molecule has 0 aliphatic carbocycles. The molecule has 0 saturated carbocycles. The number of hydrogen-bond acceptors (Lipinski definition) is 5. The summed E-state index contributed by atoms with van der Waals surface area (Å²) in [6.45, 7) is -0.671. The van der Waals surface area contributed by atoms with Crippen LogP contribution in [0.1, 0.15) is 10.4 Å². The largest absolute Gasteiger partial charge is 0.452 e. The van der Waals surface area contributed by atoms with Crippen LogP contribution in [0.4, 0.5) is 14.9 Å². The molecule has 2 aromatic rings. The second kappa shape index (κ2) is 8.16. The Morgan fingerprint density at radius 1 is 1.21 bits per heavy atom. The maximum Gasteiger partial charge on any atom is 0.340 e. The standard InChI is InChI=1S/C15H11BrFN3O4/c16-10-5-9(6-18-7-10)14(22)24-8-13(21)20-15(23)19-12-4-2-1-3-11(12)17/h1-7H,8H2,(H2,19,20,21,23). The summed E-state index contributed by atoms with van der Waals surface area (Å²) in [6, 6.07) is 6.00. The van der Waals surface area contributed by atoms with Crippen molar-refractivity contribution >= 4 is 39.5 Å². The van der Waals surface area contributed by atoms with Gasteiger partial charge >= 0.3 is 12.0 Å². The zero-order valence-corrected chi connectivity index (χ0v) is 13.7. The first-order chi connectivity index (χ1) is 11.5. The van der Waals surface area contributed by atoms with Gasteiger partial charge in [0.1, 0.15) is 5.82 Å². The zero-order chi connectivity index (χ0) is 17.5. The van der Waals surface area contributed by atoms with Gasteiger partial charge < -0.3 is 10.1 Å². The third-order valence-corrected chi connectivity index (χ3v) is 3.08. The lowest BCUT2D eigenvalue weighted by Crippen LogP contribution is -2.37. The van der Waals surface area contributed by atoms with E-state index < -0.39 is 30.3 Å². The van der Waals surface area contributed by atoms with Crippen molar-refractivity contribution in [3.8, 4) is 0 Å². The third kappa shape index (κ3) is 5.13. The van der Waals surface area contributed by atoms with Crippen molar-refractivity contribution < 1.29 is 23.5 Å². The number of amides is 3. The topological polar surface area (TPSA) is 97.4 Å². The lowest BCUT2D eigenvalue weighted by molar-refractivity contribution is -0.123. The maximum atomic E-state index is 13.4. The molecule has 7 nitrogen and oxygen atoms in total. The number of rotatable bonds is 4. The molecule has 2 N–H and O–H groups in total. The fraction of sp³-hybridized carbons (Fsp3) is 0.0667. The minimum Gasteiger partial charge on any atom is -0.452 e. The highest BCUT2D eigenvalue weighted by Gasteiger charge is 2.14. The van der Waals surface area contributed by atoms with Crippen LogP contribution in [0.3, 0.4) is 0 Å². The number of carbonyl (C=O) groups is 3. The first kappa shape index (κ1) is 17.5. The fourth-order valence-electron chi connectivity index (χ4n) is 1.62. The van der Waals surface area contributed by atoms with Crippen molar-refractivity contribution in [3.05, 3.63) is 58.6 Å². The molecule has 0 aliphatic rings. The van der Waals surface area contributed by atoms with Crippen LogP contribution in [-0.2, 0) is 9.53 Å². The first-order valence-electron chi connectivity index (χ1n) is 6.59. The van der Waals surface area contributed by atoms with Crippen molar-refractivity contribution in [3.63, 3.8) is 0 Å². The van der Waals surface area contributed by atoms with Crippen LogP contribution in [0.15, 0.2) is 47.2 Å². The number of para-hydroxylation sites is 1. The van der Waals surface area contributed by atoms with Gasteiger partial charge in [0.25, 0.3) is 5.91 Å². The van der Waals surface area contributed by atoms with Gasteiger partial charge in [-0.1, -0.05) is 12.1 Å². The smallest absolute Gasteiger partial charge is 0.340 e. The van der Waals surface area contributed by atoms with Gasteiger partial charge in [-0.3, -0.25) is 15.1 Å². The van der Waals surface area contributed by atoms with Gasteiger partial charge in [-0.15, -0.1) is 0 Å². The Balaban J connectivity index is 1.82. The second-order valence-electron chi connectivity index (χ2n) is 4.45. The Hall–Kier alpha value is -2.81. The first-order valence-corrected chi connectivity index (χ1v) is 7.38. The van der Waals surface area contributed by atoms with Crippen LogP contribution in [0.5, 0.6) is 0 Å². The molecule has 0 unspecified atom stereocenters. The van der Waals surface area contributed by atoms with E-state index in [1.54, 1.807) is 0 Å². The predicted octanol–water partition coefficient (Wildman–Crippen LogP) is 2.49. The van der Waals surface area contributed by atoms with Crippen LogP contribution in [-0.4, -0.2) is 29.5 Å². The molecule has 0 fully saturated rings. The molecule has 0 atom stereocenters. The van der Waals surface area contributed by atoms with E-state index in [-0.39, 0.29) is 11.3 Å². The van der Waals surface area contributed by atoms with E-state index >= 15 is 0 Å². The number of nitrogens with zero attached hydrogens (tertiary/aromatic N) is 1. The molecule has 1 heterocycles. The predicted molar refractivity (Wildman–Crippen MR) is 85.8 cm³/mol. The quantitative estimate of drug-likeness (QED) is 0.775. The summed E-state index contributed by atoms with van der Waals surface area (Å²) in [7, 11) is 0. The van der Waals surface area contributed by atoms with Crippen molar-refractivity contribution in [2.75, 3.05) is 11.9 Å². The molecular weight excluding hydrogens is 385 g/mol. The van der Waals surface area contributed by atoms with Crippen molar-refractivity contribution in [2.45, 2.75) is 0 Å². The Labute approximate surface area is 144 Å². The van der Waals surface area contributed by atoms with Gasteiger partial charge in [-0.25, -0.2) is 14.0 Å². The Morgan fingerprint density at radius 2 is 1.96 bits per heavy atom. The number of pyridine rings is 1. The van der Waals surface area contributed by atoms with Gasteiger partial charge in [0.2, 0.25) is 0 Å². The molecule has 0 saturated heterocycles. The molecule has 1 aromatic heterocycles. The molecule has 0 radical (unpaired) electrons. The summed E-state index contributed by atoms with van der Waals surface area (Å²) in [6.07, 6.45) is 2.76. The number of hydrogen-bond donors (Lipinski definition) is 2. The number of ether oxygens (including phenoxy) is 1. The van der Waals surface area contributed by atoms with Crippen molar-refractivity contribution in [1.29, 1.82) is 0 Å². The number of halogens is 2. The number of aromatic nitrogens is 1.